The fourth-order valence-electron chi connectivity index (χ4n) is 1.34. The molecule has 3 N–H and O–H groups in total. The molecule has 0 aliphatic carbocycles. The van der Waals surface area contributed by atoms with Crippen molar-refractivity contribution in [3.63, 3.8) is 0 Å². The first-order chi connectivity index (χ1) is 8.27. The van der Waals surface area contributed by atoms with Crippen molar-refractivity contribution in [3.8, 4) is 5.75 Å². The monoisotopic (exact) mass is 254 g/mol. The summed E-state index contributed by atoms with van der Waals surface area (Å²) in [5.41, 5.74) is 6.33. The number of para-hydroxylation sites is 1. The molecule has 0 aromatic heterocycles. The molecule has 1 aromatic carbocycles. The number of rotatable bonds is 7. The number of carbonyl (C=O) groups excluding carboxylic acids is 1. The van der Waals surface area contributed by atoms with E-state index in [1.54, 1.807) is 7.11 Å². The van der Waals surface area contributed by atoms with Gasteiger partial charge in [-0.2, -0.15) is 11.8 Å². The van der Waals surface area contributed by atoms with Gasteiger partial charge in [-0.05, 0) is 6.07 Å². The van der Waals surface area contributed by atoms with E-state index in [-0.39, 0.29) is 5.91 Å². The number of methoxy groups -OCH3 is 1. The number of benzene rings is 1. The number of hydrogen-bond acceptors (Lipinski definition) is 4. The van der Waals surface area contributed by atoms with Crippen LogP contribution in [0.1, 0.15) is 5.56 Å². The van der Waals surface area contributed by atoms with Crippen LogP contribution in [0, 0.1) is 0 Å². The highest BCUT2D eigenvalue weighted by Gasteiger charge is 2.04. The van der Waals surface area contributed by atoms with E-state index in [1.165, 1.54) is 11.8 Å². The Morgan fingerprint density at radius 3 is 2.94 bits per heavy atom. The molecule has 4 nitrogen and oxygen atoms in total. The van der Waals surface area contributed by atoms with E-state index in [0.29, 0.717) is 18.8 Å². The smallest absolute Gasteiger partial charge is 0.230 e. The molecule has 0 atom stereocenters. The zero-order chi connectivity index (χ0) is 12.5. The molecular formula is C12H18N2O2S. The summed E-state index contributed by atoms with van der Waals surface area (Å²) in [7, 11) is 1.62. The summed E-state index contributed by atoms with van der Waals surface area (Å²) in [5.74, 6) is 2.07. The standard InChI is InChI=1S/C12H18N2O2S/c1-16-11-5-3-2-4-10(11)8-14-12(15)9-17-7-6-13/h2-5H,6-9,13H2,1H3,(H,14,15). The van der Waals surface area contributed by atoms with Crippen molar-refractivity contribution in [1.82, 2.24) is 5.32 Å². The summed E-state index contributed by atoms with van der Waals surface area (Å²) < 4.78 is 5.20. The Morgan fingerprint density at radius 2 is 2.24 bits per heavy atom. The minimum atomic E-state index is 0.0226. The van der Waals surface area contributed by atoms with Crippen LogP contribution in [0.2, 0.25) is 0 Å². The zero-order valence-corrected chi connectivity index (χ0v) is 10.8. The van der Waals surface area contributed by atoms with Gasteiger partial charge in [0, 0.05) is 24.4 Å². The maximum Gasteiger partial charge on any atom is 0.230 e. The number of nitrogens with two attached hydrogens (primary N) is 1. The van der Waals surface area contributed by atoms with Gasteiger partial charge >= 0.3 is 0 Å². The lowest BCUT2D eigenvalue weighted by molar-refractivity contribution is -0.118. The van der Waals surface area contributed by atoms with E-state index < -0.39 is 0 Å². The maximum absolute atomic E-state index is 11.5. The minimum Gasteiger partial charge on any atom is -0.496 e. The van der Waals surface area contributed by atoms with Gasteiger partial charge in [0.25, 0.3) is 0 Å². The predicted molar refractivity (Wildman–Crippen MR) is 71.2 cm³/mol. The van der Waals surface area contributed by atoms with Crippen molar-refractivity contribution >= 4 is 17.7 Å². The molecular weight excluding hydrogens is 236 g/mol. The van der Waals surface area contributed by atoms with Crippen LogP contribution in [-0.4, -0.2) is 31.1 Å². The number of carbonyl (C=O) groups is 1. The molecule has 0 aliphatic rings. The van der Waals surface area contributed by atoms with Crippen LogP contribution in [-0.2, 0) is 11.3 Å². The summed E-state index contributed by atoms with van der Waals surface area (Å²) in [4.78, 5) is 11.5. The molecule has 5 heteroatoms. The van der Waals surface area contributed by atoms with Crippen molar-refractivity contribution in [2.75, 3.05) is 25.2 Å². The minimum absolute atomic E-state index is 0.0226. The Kier molecular flexibility index (Phi) is 6.50. The quantitative estimate of drug-likeness (QED) is 0.713. The predicted octanol–water partition coefficient (Wildman–Crippen LogP) is 1.00. The van der Waals surface area contributed by atoms with Crippen molar-refractivity contribution < 1.29 is 9.53 Å². The Balaban J connectivity index is 2.36. The van der Waals surface area contributed by atoms with Crippen molar-refractivity contribution in [3.05, 3.63) is 29.8 Å². The number of ether oxygens (including phenoxy) is 1. The molecule has 0 fully saturated rings. The van der Waals surface area contributed by atoms with E-state index in [2.05, 4.69) is 5.32 Å². The molecule has 0 saturated heterocycles. The number of thioether (sulfide) groups is 1. The SMILES string of the molecule is COc1ccccc1CNC(=O)CSCCN. The molecule has 0 heterocycles. The zero-order valence-electron chi connectivity index (χ0n) is 9.94. The maximum atomic E-state index is 11.5. The summed E-state index contributed by atoms with van der Waals surface area (Å²) in [6, 6.07) is 7.64. The van der Waals surface area contributed by atoms with Crippen LogP contribution in [0.3, 0.4) is 0 Å². The fraction of sp³-hybridized carbons (Fsp3) is 0.417. The summed E-state index contributed by atoms with van der Waals surface area (Å²) in [6.07, 6.45) is 0. The fourth-order valence-corrected chi connectivity index (χ4v) is 1.94. The first-order valence-electron chi connectivity index (χ1n) is 5.44. The van der Waals surface area contributed by atoms with Gasteiger partial charge in [0.05, 0.1) is 12.9 Å². The van der Waals surface area contributed by atoms with Gasteiger partial charge in [-0.15, -0.1) is 0 Å². The second kappa shape index (κ2) is 7.97. The third-order valence-electron chi connectivity index (χ3n) is 2.16. The third-order valence-corrected chi connectivity index (χ3v) is 3.15. The Morgan fingerprint density at radius 1 is 1.47 bits per heavy atom. The van der Waals surface area contributed by atoms with Crippen LogP contribution in [0.25, 0.3) is 0 Å². The van der Waals surface area contributed by atoms with Crippen LogP contribution in [0.5, 0.6) is 5.75 Å². The third kappa shape index (κ3) is 5.10. The van der Waals surface area contributed by atoms with Gasteiger partial charge in [-0.25, -0.2) is 0 Å². The van der Waals surface area contributed by atoms with E-state index in [0.717, 1.165) is 17.1 Å². The van der Waals surface area contributed by atoms with Gasteiger partial charge < -0.3 is 15.8 Å². The first kappa shape index (κ1) is 13.9. The Labute approximate surface area is 106 Å². The molecule has 0 unspecified atom stereocenters. The topological polar surface area (TPSA) is 64.3 Å². The van der Waals surface area contributed by atoms with Gasteiger partial charge in [0.15, 0.2) is 0 Å². The lowest BCUT2D eigenvalue weighted by Crippen LogP contribution is -2.25. The van der Waals surface area contributed by atoms with E-state index >= 15 is 0 Å². The van der Waals surface area contributed by atoms with E-state index in [1.807, 2.05) is 24.3 Å². The second-order valence-electron chi connectivity index (χ2n) is 3.43. The van der Waals surface area contributed by atoms with Gasteiger partial charge in [-0.3, -0.25) is 4.79 Å². The normalized spacial score (nSPS) is 10.0. The van der Waals surface area contributed by atoms with Crippen LogP contribution < -0.4 is 15.8 Å². The molecule has 94 valence electrons. The number of amides is 1. The molecule has 17 heavy (non-hydrogen) atoms. The molecule has 1 aromatic rings. The second-order valence-corrected chi connectivity index (χ2v) is 4.54. The summed E-state index contributed by atoms with van der Waals surface area (Å²) in [5, 5.41) is 2.85. The highest BCUT2D eigenvalue weighted by Crippen LogP contribution is 2.16. The van der Waals surface area contributed by atoms with Crippen molar-refractivity contribution in [2.45, 2.75) is 6.54 Å². The largest absolute Gasteiger partial charge is 0.496 e. The molecule has 1 amide bonds. The van der Waals surface area contributed by atoms with Gasteiger partial charge in [0.1, 0.15) is 5.75 Å². The van der Waals surface area contributed by atoms with Gasteiger partial charge in [-0.1, -0.05) is 18.2 Å². The first-order valence-corrected chi connectivity index (χ1v) is 6.59. The van der Waals surface area contributed by atoms with Gasteiger partial charge in [0.2, 0.25) is 5.91 Å². The molecule has 0 radical (unpaired) electrons. The van der Waals surface area contributed by atoms with Crippen molar-refractivity contribution in [1.29, 1.82) is 0 Å². The van der Waals surface area contributed by atoms with E-state index in [9.17, 15) is 4.79 Å². The van der Waals surface area contributed by atoms with E-state index in [4.69, 9.17) is 10.5 Å². The van der Waals surface area contributed by atoms with Crippen LogP contribution >= 0.6 is 11.8 Å². The number of hydrogen-bond donors (Lipinski definition) is 2. The summed E-state index contributed by atoms with van der Waals surface area (Å²) >= 11 is 1.54. The number of nitrogens with one attached hydrogen (secondary N) is 1. The highest BCUT2D eigenvalue weighted by atomic mass is 32.2. The highest BCUT2D eigenvalue weighted by molar-refractivity contribution is 7.99. The molecule has 1 rings (SSSR count). The molecule has 0 spiro atoms. The Hall–Kier alpha value is -1.20. The lowest BCUT2D eigenvalue weighted by atomic mass is 10.2. The molecule has 0 aliphatic heterocycles. The average Bonchev–Trinajstić information content (AvgIpc) is 2.37. The average molecular weight is 254 g/mol. The van der Waals surface area contributed by atoms with Crippen LogP contribution in [0.4, 0.5) is 0 Å². The van der Waals surface area contributed by atoms with Crippen molar-refractivity contribution in [2.24, 2.45) is 5.73 Å². The summed E-state index contributed by atoms with van der Waals surface area (Å²) in [6.45, 7) is 1.09. The Bertz CT molecular complexity index is 358. The molecule has 0 bridgehead atoms. The lowest BCUT2D eigenvalue weighted by Gasteiger charge is -2.09. The van der Waals surface area contributed by atoms with Crippen LogP contribution in [0.15, 0.2) is 24.3 Å². The molecule has 0 saturated carbocycles.